The van der Waals surface area contributed by atoms with Gasteiger partial charge in [-0.2, -0.15) is 0 Å². The zero-order valence-corrected chi connectivity index (χ0v) is 11.3. The molecule has 0 bridgehead atoms. The Kier molecular flexibility index (Phi) is 4.72. The largest absolute Gasteiger partial charge is 0.319 e. The Morgan fingerprint density at radius 3 is 2.44 bits per heavy atom. The first kappa shape index (κ1) is 13.5. The molecule has 1 heterocycles. The van der Waals surface area contributed by atoms with Gasteiger partial charge in [0.25, 0.3) is 0 Å². The zero-order chi connectivity index (χ0) is 13.0. The number of benzene rings is 1. The van der Waals surface area contributed by atoms with Gasteiger partial charge in [-0.3, -0.25) is 0 Å². The average molecular weight is 250 g/mol. The van der Waals surface area contributed by atoms with E-state index < -0.39 is 0 Å². The monoisotopic (exact) mass is 250 g/mol. The zero-order valence-electron chi connectivity index (χ0n) is 11.3. The third-order valence-electron chi connectivity index (χ3n) is 4.05. The van der Waals surface area contributed by atoms with Gasteiger partial charge in [-0.25, -0.2) is 4.39 Å². The smallest absolute Gasteiger partial charge is 0.123 e. The van der Waals surface area contributed by atoms with Crippen LogP contribution < -0.4 is 5.32 Å². The molecule has 1 saturated heterocycles. The highest BCUT2D eigenvalue weighted by molar-refractivity contribution is 5.22. The molecule has 0 saturated carbocycles. The molecule has 1 aromatic carbocycles. The van der Waals surface area contributed by atoms with Crippen molar-refractivity contribution in [1.29, 1.82) is 0 Å². The molecule has 100 valence electrons. The van der Waals surface area contributed by atoms with Crippen molar-refractivity contribution < 1.29 is 4.39 Å². The van der Waals surface area contributed by atoms with E-state index in [1.807, 2.05) is 19.2 Å². The number of rotatable bonds is 4. The fraction of sp³-hybridized carbons (Fsp3) is 0.600. The SMILES string of the molecule is CNCC(c1ccc(F)cc1)C1CCN(C)CC1. The summed E-state index contributed by atoms with van der Waals surface area (Å²) in [5.74, 6) is 1.06. The van der Waals surface area contributed by atoms with Crippen molar-refractivity contribution in [1.82, 2.24) is 10.2 Å². The first-order valence-corrected chi connectivity index (χ1v) is 6.79. The maximum atomic E-state index is 13.0. The van der Waals surface area contributed by atoms with Crippen molar-refractivity contribution >= 4 is 0 Å². The molecule has 3 heteroatoms. The van der Waals surface area contributed by atoms with Crippen molar-refractivity contribution in [2.45, 2.75) is 18.8 Å². The molecule has 1 aliphatic rings. The topological polar surface area (TPSA) is 15.3 Å². The lowest BCUT2D eigenvalue weighted by atomic mass is 9.80. The van der Waals surface area contributed by atoms with E-state index in [1.54, 1.807) is 12.1 Å². The minimum Gasteiger partial charge on any atom is -0.319 e. The minimum atomic E-state index is -0.148. The van der Waals surface area contributed by atoms with Gasteiger partial charge >= 0.3 is 0 Å². The van der Waals surface area contributed by atoms with Crippen LogP contribution in [0.5, 0.6) is 0 Å². The van der Waals surface area contributed by atoms with Crippen molar-refractivity contribution in [2.24, 2.45) is 5.92 Å². The van der Waals surface area contributed by atoms with Gasteiger partial charge in [-0.05, 0) is 69.6 Å². The summed E-state index contributed by atoms with van der Waals surface area (Å²) in [7, 11) is 4.17. The normalized spacial score (nSPS) is 19.9. The lowest BCUT2D eigenvalue weighted by Crippen LogP contribution is -2.35. The highest BCUT2D eigenvalue weighted by Gasteiger charge is 2.26. The third kappa shape index (κ3) is 3.30. The van der Waals surface area contributed by atoms with Crippen molar-refractivity contribution in [3.8, 4) is 0 Å². The molecule has 18 heavy (non-hydrogen) atoms. The molecule has 2 nitrogen and oxygen atoms in total. The van der Waals surface area contributed by atoms with E-state index in [9.17, 15) is 4.39 Å². The highest BCUT2D eigenvalue weighted by atomic mass is 19.1. The van der Waals surface area contributed by atoms with Crippen LogP contribution in [0.2, 0.25) is 0 Å². The summed E-state index contributed by atoms with van der Waals surface area (Å²) < 4.78 is 13.0. The molecule has 1 fully saturated rings. The second-order valence-corrected chi connectivity index (χ2v) is 5.36. The van der Waals surface area contributed by atoms with Crippen LogP contribution in [0.4, 0.5) is 4.39 Å². The molecular weight excluding hydrogens is 227 g/mol. The van der Waals surface area contributed by atoms with Crippen molar-refractivity contribution in [3.63, 3.8) is 0 Å². The van der Waals surface area contributed by atoms with Gasteiger partial charge < -0.3 is 10.2 Å². The van der Waals surface area contributed by atoms with Crippen molar-refractivity contribution in [3.05, 3.63) is 35.6 Å². The molecule has 1 unspecified atom stereocenters. The van der Waals surface area contributed by atoms with Crippen molar-refractivity contribution in [2.75, 3.05) is 33.7 Å². The van der Waals surface area contributed by atoms with E-state index in [4.69, 9.17) is 0 Å². The van der Waals surface area contributed by atoms with Crippen LogP contribution in [0.1, 0.15) is 24.3 Å². The van der Waals surface area contributed by atoms with E-state index in [1.165, 1.54) is 31.5 Å². The van der Waals surface area contributed by atoms with E-state index in [-0.39, 0.29) is 5.82 Å². The standard InChI is InChI=1S/C15H23FN2/c1-17-11-15(12-3-5-14(16)6-4-12)13-7-9-18(2)10-8-13/h3-6,13,15,17H,7-11H2,1-2H3. The van der Waals surface area contributed by atoms with Gasteiger partial charge in [0, 0.05) is 6.54 Å². The van der Waals surface area contributed by atoms with Gasteiger partial charge in [0.05, 0.1) is 0 Å². The molecule has 1 aliphatic heterocycles. The molecule has 0 aliphatic carbocycles. The maximum Gasteiger partial charge on any atom is 0.123 e. The number of nitrogens with one attached hydrogen (secondary N) is 1. The summed E-state index contributed by atoms with van der Waals surface area (Å²) in [6.45, 7) is 3.32. The predicted octanol–water partition coefficient (Wildman–Crippen LogP) is 2.47. The summed E-state index contributed by atoms with van der Waals surface area (Å²) >= 11 is 0. The Morgan fingerprint density at radius 1 is 1.28 bits per heavy atom. The fourth-order valence-electron chi connectivity index (χ4n) is 2.92. The summed E-state index contributed by atoms with van der Waals surface area (Å²) in [4.78, 5) is 2.39. The molecule has 1 aromatic rings. The van der Waals surface area contributed by atoms with Gasteiger partial charge in [0.1, 0.15) is 5.82 Å². The number of likely N-dealkylation sites (N-methyl/N-ethyl adjacent to an activating group) is 1. The van der Waals surface area contributed by atoms with Crippen LogP contribution in [0, 0.1) is 11.7 Å². The van der Waals surface area contributed by atoms with Crippen LogP contribution in [0.3, 0.4) is 0 Å². The average Bonchev–Trinajstić information content (AvgIpc) is 2.39. The van der Waals surface area contributed by atoms with Gasteiger partial charge in [0.15, 0.2) is 0 Å². The molecular formula is C15H23FN2. The van der Waals surface area contributed by atoms with Crippen LogP contribution in [0.15, 0.2) is 24.3 Å². The molecule has 1 atom stereocenters. The Bertz CT molecular complexity index is 355. The number of piperidine rings is 1. The summed E-state index contributed by atoms with van der Waals surface area (Å²) in [6, 6.07) is 7.03. The molecule has 0 spiro atoms. The number of nitrogens with zero attached hydrogens (tertiary/aromatic N) is 1. The summed E-state index contributed by atoms with van der Waals surface area (Å²) in [5, 5.41) is 3.28. The van der Waals surface area contributed by atoms with Crippen LogP contribution in [-0.4, -0.2) is 38.6 Å². The first-order chi connectivity index (χ1) is 8.70. The lowest BCUT2D eigenvalue weighted by Gasteiger charge is -2.34. The number of likely N-dealkylation sites (tertiary alicyclic amines) is 1. The maximum absolute atomic E-state index is 13.0. The summed E-state index contributed by atoms with van der Waals surface area (Å²) in [5.41, 5.74) is 1.26. The lowest BCUT2D eigenvalue weighted by molar-refractivity contribution is 0.197. The first-order valence-electron chi connectivity index (χ1n) is 6.79. The Morgan fingerprint density at radius 2 is 1.89 bits per heavy atom. The van der Waals surface area contributed by atoms with E-state index in [0.717, 1.165) is 6.54 Å². The predicted molar refractivity (Wildman–Crippen MR) is 73.3 cm³/mol. The fourth-order valence-corrected chi connectivity index (χ4v) is 2.92. The Hall–Kier alpha value is -0.930. The number of halogens is 1. The number of hydrogen-bond acceptors (Lipinski definition) is 2. The van der Waals surface area contributed by atoms with Crippen LogP contribution in [-0.2, 0) is 0 Å². The highest BCUT2D eigenvalue weighted by Crippen LogP contribution is 2.32. The molecule has 2 rings (SSSR count). The third-order valence-corrected chi connectivity index (χ3v) is 4.05. The van der Waals surface area contributed by atoms with E-state index in [0.29, 0.717) is 11.8 Å². The molecule has 1 N–H and O–H groups in total. The molecule has 0 amide bonds. The summed E-state index contributed by atoms with van der Waals surface area (Å²) in [6.07, 6.45) is 2.47. The minimum absolute atomic E-state index is 0.148. The Labute approximate surface area is 109 Å². The molecule has 0 radical (unpaired) electrons. The quantitative estimate of drug-likeness (QED) is 0.883. The second kappa shape index (κ2) is 6.30. The Balaban J connectivity index is 2.09. The second-order valence-electron chi connectivity index (χ2n) is 5.36. The van der Waals surface area contributed by atoms with E-state index >= 15 is 0 Å². The van der Waals surface area contributed by atoms with E-state index in [2.05, 4.69) is 17.3 Å². The van der Waals surface area contributed by atoms with Gasteiger partial charge in [0.2, 0.25) is 0 Å². The number of hydrogen-bond donors (Lipinski definition) is 1. The van der Waals surface area contributed by atoms with Crippen LogP contribution in [0.25, 0.3) is 0 Å². The van der Waals surface area contributed by atoms with Gasteiger partial charge in [-0.15, -0.1) is 0 Å². The molecule has 0 aromatic heterocycles. The van der Waals surface area contributed by atoms with Crippen LogP contribution >= 0.6 is 0 Å². The van der Waals surface area contributed by atoms with Gasteiger partial charge in [-0.1, -0.05) is 12.1 Å².